The van der Waals surface area contributed by atoms with Crippen LogP contribution in [0.3, 0.4) is 0 Å². The van der Waals surface area contributed by atoms with Crippen LogP contribution in [-0.4, -0.2) is 27.4 Å². The van der Waals surface area contributed by atoms with Gasteiger partial charge in [-0.05, 0) is 43.7 Å². The predicted octanol–water partition coefficient (Wildman–Crippen LogP) is 2.97. The number of halogens is 1. The van der Waals surface area contributed by atoms with Crippen LogP contribution in [-0.2, 0) is 11.3 Å². The van der Waals surface area contributed by atoms with E-state index in [4.69, 9.17) is 9.47 Å². The highest BCUT2D eigenvalue weighted by Gasteiger charge is 2.01. The molecule has 0 spiro atoms. The molecule has 0 aromatic heterocycles. The van der Waals surface area contributed by atoms with E-state index >= 15 is 0 Å². The van der Waals surface area contributed by atoms with Crippen LogP contribution < -0.4 is 10.1 Å². The van der Waals surface area contributed by atoms with Gasteiger partial charge in [0.15, 0.2) is 0 Å². The molecule has 0 heterocycles. The molecule has 0 saturated heterocycles. The molecule has 0 radical (unpaired) electrons. The van der Waals surface area contributed by atoms with Crippen molar-refractivity contribution in [2.24, 2.45) is 0 Å². The zero-order valence-electron chi connectivity index (χ0n) is 10.5. The second-order valence-corrected chi connectivity index (χ2v) is 4.69. The lowest BCUT2D eigenvalue weighted by molar-refractivity contribution is 0.184. The monoisotopic (exact) mass is 301 g/mol. The Morgan fingerprint density at radius 1 is 1.24 bits per heavy atom. The SMILES string of the molecule is CNCc1cc(OCCCCOC)ccc1Br. The molecule has 1 aromatic rings. The van der Waals surface area contributed by atoms with E-state index in [1.807, 2.05) is 19.2 Å². The number of nitrogens with one attached hydrogen (secondary N) is 1. The van der Waals surface area contributed by atoms with Crippen LogP contribution in [0.25, 0.3) is 0 Å². The molecular formula is C13H20BrNO2. The Kier molecular flexibility index (Phi) is 7.24. The van der Waals surface area contributed by atoms with Crippen LogP contribution in [0, 0.1) is 0 Å². The lowest BCUT2D eigenvalue weighted by Gasteiger charge is -2.09. The van der Waals surface area contributed by atoms with Crippen molar-refractivity contribution < 1.29 is 9.47 Å². The van der Waals surface area contributed by atoms with Gasteiger partial charge in [-0.3, -0.25) is 0 Å². The average molecular weight is 302 g/mol. The summed E-state index contributed by atoms with van der Waals surface area (Å²) in [7, 11) is 3.66. The minimum atomic E-state index is 0.740. The Hall–Kier alpha value is -0.580. The first-order valence-corrected chi connectivity index (χ1v) is 6.62. The van der Waals surface area contributed by atoms with Gasteiger partial charge in [0.25, 0.3) is 0 Å². The molecule has 0 unspecified atom stereocenters. The van der Waals surface area contributed by atoms with Crippen molar-refractivity contribution >= 4 is 15.9 Å². The highest BCUT2D eigenvalue weighted by atomic mass is 79.9. The van der Waals surface area contributed by atoms with Crippen LogP contribution in [0.15, 0.2) is 22.7 Å². The van der Waals surface area contributed by atoms with E-state index in [0.717, 1.165) is 42.8 Å². The summed E-state index contributed by atoms with van der Waals surface area (Å²) >= 11 is 3.52. The maximum absolute atomic E-state index is 5.69. The van der Waals surface area contributed by atoms with Crippen LogP contribution in [0.2, 0.25) is 0 Å². The molecule has 0 amide bonds. The second-order valence-electron chi connectivity index (χ2n) is 3.83. The van der Waals surface area contributed by atoms with E-state index in [1.54, 1.807) is 7.11 Å². The first-order valence-electron chi connectivity index (χ1n) is 5.82. The molecule has 0 fully saturated rings. The van der Waals surface area contributed by atoms with Crippen molar-refractivity contribution in [2.75, 3.05) is 27.4 Å². The van der Waals surface area contributed by atoms with Crippen molar-refractivity contribution in [2.45, 2.75) is 19.4 Å². The lowest BCUT2D eigenvalue weighted by atomic mass is 10.2. The molecule has 3 nitrogen and oxygen atoms in total. The summed E-state index contributed by atoms with van der Waals surface area (Å²) in [5.74, 6) is 0.927. The predicted molar refractivity (Wildman–Crippen MR) is 73.5 cm³/mol. The molecular weight excluding hydrogens is 282 g/mol. The van der Waals surface area contributed by atoms with Gasteiger partial charge in [-0.25, -0.2) is 0 Å². The summed E-state index contributed by atoms with van der Waals surface area (Å²) in [5.41, 5.74) is 1.21. The number of benzene rings is 1. The third-order valence-electron chi connectivity index (χ3n) is 2.40. The summed E-state index contributed by atoms with van der Waals surface area (Å²) in [6, 6.07) is 6.08. The maximum Gasteiger partial charge on any atom is 0.119 e. The standard InChI is InChI=1S/C13H20BrNO2/c1-15-10-11-9-12(5-6-13(11)14)17-8-4-3-7-16-2/h5-6,9,15H,3-4,7-8,10H2,1-2H3. The van der Waals surface area contributed by atoms with E-state index in [-0.39, 0.29) is 0 Å². The van der Waals surface area contributed by atoms with Crippen LogP contribution in [0.1, 0.15) is 18.4 Å². The van der Waals surface area contributed by atoms with Crippen LogP contribution in [0.5, 0.6) is 5.75 Å². The van der Waals surface area contributed by atoms with Crippen molar-refractivity contribution in [3.05, 3.63) is 28.2 Å². The molecule has 0 saturated carbocycles. The highest BCUT2D eigenvalue weighted by Crippen LogP contribution is 2.22. The molecule has 1 rings (SSSR count). The second kappa shape index (κ2) is 8.50. The molecule has 0 aliphatic rings. The smallest absolute Gasteiger partial charge is 0.119 e. The van der Waals surface area contributed by atoms with E-state index < -0.39 is 0 Å². The number of methoxy groups -OCH3 is 1. The molecule has 0 bridgehead atoms. The fraction of sp³-hybridized carbons (Fsp3) is 0.538. The average Bonchev–Trinajstić information content (AvgIpc) is 2.33. The van der Waals surface area contributed by atoms with Crippen molar-refractivity contribution in [3.8, 4) is 5.75 Å². The minimum Gasteiger partial charge on any atom is -0.494 e. The maximum atomic E-state index is 5.69. The first kappa shape index (κ1) is 14.5. The van der Waals surface area contributed by atoms with Gasteiger partial charge in [0.05, 0.1) is 6.61 Å². The Morgan fingerprint density at radius 3 is 2.71 bits per heavy atom. The largest absolute Gasteiger partial charge is 0.494 e. The van der Waals surface area contributed by atoms with Gasteiger partial charge < -0.3 is 14.8 Å². The van der Waals surface area contributed by atoms with Crippen molar-refractivity contribution in [1.29, 1.82) is 0 Å². The summed E-state index contributed by atoms with van der Waals surface area (Å²) in [4.78, 5) is 0. The molecule has 0 aliphatic heterocycles. The quantitative estimate of drug-likeness (QED) is 0.749. The van der Waals surface area contributed by atoms with Gasteiger partial charge in [0, 0.05) is 24.7 Å². The molecule has 17 heavy (non-hydrogen) atoms. The topological polar surface area (TPSA) is 30.5 Å². The van der Waals surface area contributed by atoms with E-state index in [0.29, 0.717) is 0 Å². The van der Waals surface area contributed by atoms with E-state index in [9.17, 15) is 0 Å². The van der Waals surface area contributed by atoms with Gasteiger partial charge in [0.2, 0.25) is 0 Å². The van der Waals surface area contributed by atoms with Crippen LogP contribution in [0.4, 0.5) is 0 Å². The number of unbranched alkanes of at least 4 members (excludes halogenated alkanes) is 1. The van der Waals surface area contributed by atoms with E-state index in [2.05, 4.69) is 27.3 Å². The number of hydrogen-bond donors (Lipinski definition) is 1. The molecule has 1 N–H and O–H groups in total. The van der Waals surface area contributed by atoms with Gasteiger partial charge in [-0.1, -0.05) is 15.9 Å². The number of ether oxygens (including phenoxy) is 2. The molecule has 96 valence electrons. The fourth-order valence-electron chi connectivity index (χ4n) is 1.51. The third-order valence-corrected chi connectivity index (χ3v) is 3.17. The first-order chi connectivity index (χ1) is 8.27. The number of hydrogen-bond acceptors (Lipinski definition) is 3. The molecule has 0 aliphatic carbocycles. The van der Waals surface area contributed by atoms with Crippen molar-refractivity contribution in [1.82, 2.24) is 5.32 Å². The Morgan fingerprint density at radius 2 is 2.00 bits per heavy atom. The molecule has 4 heteroatoms. The fourth-order valence-corrected chi connectivity index (χ4v) is 1.89. The summed E-state index contributed by atoms with van der Waals surface area (Å²) < 4.78 is 11.8. The van der Waals surface area contributed by atoms with E-state index in [1.165, 1.54) is 5.56 Å². The summed E-state index contributed by atoms with van der Waals surface area (Å²) in [5, 5.41) is 3.13. The third kappa shape index (κ3) is 5.52. The number of rotatable bonds is 8. The zero-order chi connectivity index (χ0) is 12.5. The van der Waals surface area contributed by atoms with Gasteiger partial charge >= 0.3 is 0 Å². The van der Waals surface area contributed by atoms with Gasteiger partial charge in [-0.2, -0.15) is 0 Å². The minimum absolute atomic E-state index is 0.740. The van der Waals surface area contributed by atoms with Gasteiger partial charge in [0.1, 0.15) is 5.75 Å². The molecule has 0 atom stereocenters. The molecule has 1 aromatic carbocycles. The van der Waals surface area contributed by atoms with Gasteiger partial charge in [-0.15, -0.1) is 0 Å². The Bertz CT molecular complexity index is 331. The Balaban J connectivity index is 2.40. The lowest BCUT2D eigenvalue weighted by Crippen LogP contribution is -2.06. The zero-order valence-corrected chi connectivity index (χ0v) is 12.0. The Labute approximate surface area is 112 Å². The van der Waals surface area contributed by atoms with Crippen LogP contribution >= 0.6 is 15.9 Å². The highest BCUT2D eigenvalue weighted by molar-refractivity contribution is 9.10. The van der Waals surface area contributed by atoms with Crippen molar-refractivity contribution in [3.63, 3.8) is 0 Å². The normalized spacial score (nSPS) is 10.5. The summed E-state index contributed by atoms with van der Waals surface area (Å²) in [6.07, 6.45) is 2.06. The summed E-state index contributed by atoms with van der Waals surface area (Å²) in [6.45, 7) is 2.38.